The van der Waals surface area contributed by atoms with Gasteiger partial charge in [-0.05, 0) is 37.3 Å². The van der Waals surface area contributed by atoms with E-state index in [1.807, 2.05) is 36.4 Å². The van der Waals surface area contributed by atoms with E-state index >= 15 is 0 Å². The number of hydrogen-bond acceptors (Lipinski definition) is 5. The molecule has 0 aliphatic rings. The number of carbonyl (C=O) groups is 1. The van der Waals surface area contributed by atoms with Crippen molar-refractivity contribution < 1.29 is 19.0 Å². The predicted molar refractivity (Wildman–Crippen MR) is 102 cm³/mol. The number of halogens is 1. The molecule has 0 saturated heterocycles. The maximum atomic E-state index is 11.5. The van der Waals surface area contributed by atoms with Crippen molar-refractivity contribution in [3.8, 4) is 11.5 Å². The summed E-state index contributed by atoms with van der Waals surface area (Å²) < 4.78 is 17.0. The first-order chi connectivity index (χ1) is 12.5. The van der Waals surface area contributed by atoms with Gasteiger partial charge in [0.15, 0.2) is 6.10 Å². The molecule has 1 aromatic heterocycles. The molecule has 26 heavy (non-hydrogen) atoms. The zero-order chi connectivity index (χ0) is 18.5. The first-order valence-electron chi connectivity index (χ1n) is 8.07. The van der Waals surface area contributed by atoms with E-state index in [0.29, 0.717) is 18.1 Å². The van der Waals surface area contributed by atoms with Gasteiger partial charge < -0.3 is 14.2 Å². The fraction of sp³-hybridized carbons (Fsp3) is 0.200. The molecule has 0 saturated carbocycles. The highest BCUT2D eigenvalue weighted by molar-refractivity contribution is 9.10. The van der Waals surface area contributed by atoms with E-state index in [1.165, 1.54) is 7.11 Å². The number of carbonyl (C=O) groups excluding carboxylic acids is 1. The van der Waals surface area contributed by atoms with E-state index in [4.69, 9.17) is 9.47 Å². The minimum atomic E-state index is -0.684. The van der Waals surface area contributed by atoms with Gasteiger partial charge in [-0.3, -0.25) is 0 Å². The molecule has 0 aliphatic heterocycles. The molecule has 5 nitrogen and oxygen atoms in total. The normalized spacial score (nSPS) is 11.8. The van der Waals surface area contributed by atoms with Crippen LogP contribution in [-0.4, -0.2) is 24.2 Å². The number of pyridine rings is 1. The van der Waals surface area contributed by atoms with Gasteiger partial charge in [0.25, 0.3) is 0 Å². The van der Waals surface area contributed by atoms with Crippen LogP contribution in [0.2, 0.25) is 0 Å². The number of benzene rings is 2. The molecule has 0 fully saturated rings. The van der Waals surface area contributed by atoms with Crippen molar-refractivity contribution >= 4 is 32.8 Å². The number of nitrogens with zero attached hydrogens (tertiary/aromatic N) is 1. The molecule has 0 bridgehead atoms. The van der Waals surface area contributed by atoms with Crippen LogP contribution in [-0.2, 0) is 16.1 Å². The highest BCUT2D eigenvalue weighted by atomic mass is 79.9. The largest absolute Gasteiger partial charge is 0.487 e. The molecule has 134 valence electrons. The third-order valence-corrected chi connectivity index (χ3v) is 4.24. The molecule has 2 aromatic carbocycles. The molecule has 0 radical (unpaired) electrons. The summed E-state index contributed by atoms with van der Waals surface area (Å²) in [5.41, 5.74) is 1.73. The van der Waals surface area contributed by atoms with E-state index in [2.05, 4.69) is 25.7 Å². The third-order valence-electron chi connectivity index (χ3n) is 3.75. The molecule has 0 amide bonds. The standard InChI is InChI=1S/C20H18BrNO4/c1-13(20(23)24-2)26-18-5-3-4-17(11-18)25-12-16-9-7-14-6-8-15(21)10-19(14)22-16/h3-11,13H,12H2,1-2H3. The van der Waals surface area contributed by atoms with E-state index in [9.17, 15) is 4.79 Å². The lowest BCUT2D eigenvalue weighted by Crippen LogP contribution is -2.24. The monoisotopic (exact) mass is 415 g/mol. The molecule has 1 unspecified atom stereocenters. The number of ether oxygens (including phenoxy) is 3. The molecule has 1 heterocycles. The molecule has 0 N–H and O–H groups in total. The molecule has 3 rings (SSSR count). The van der Waals surface area contributed by atoms with Crippen LogP contribution in [0.1, 0.15) is 12.6 Å². The third kappa shape index (κ3) is 4.52. The first kappa shape index (κ1) is 18.2. The highest BCUT2D eigenvalue weighted by Crippen LogP contribution is 2.22. The number of aromatic nitrogens is 1. The molecule has 6 heteroatoms. The van der Waals surface area contributed by atoms with Gasteiger partial charge in [0, 0.05) is 15.9 Å². The van der Waals surface area contributed by atoms with Gasteiger partial charge >= 0.3 is 5.97 Å². The average molecular weight is 416 g/mol. The Labute approximate surface area is 160 Å². The quantitative estimate of drug-likeness (QED) is 0.554. The number of rotatable bonds is 6. The lowest BCUT2D eigenvalue weighted by atomic mass is 10.2. The fourth-order valence-corrected chi connectivity index (χ4v) is 2.77. The van der Waals surface area contributed by atoms with Crippen molar-refractivity contribution in [2.45, 2.75) is 19.6 Å². The van der Waals surface area contributed by atoms with Gasteiger partial charge in [0.2, 0.25) is 0 Å². The van der Waals surface area contributed by atoms with Crippen LogP contribution in [0.15, 0.2) is 59.1 Å². The summed E-state index contributed by atoms with van der Waals surface area (Å²) in [5, 5.41) is 1.07. The first-order valence-corrected chi connectivity index (χ1v) is 8.87. The Hall–Kier alpha value is -2.60. The van der Waals surface area contributed by atoms with Crippen molar-refractivity contribution in [2.24, 2.45) is 0 Å². The number of fused-ring (bicyclic) bond motifs is 1. The summed E-state index contributed by atoms with van der Waals surface area (Å²) in [6.07, 6.45) is -0.684. The Morgan fingerprint density at radius 1 is 1.12 bits per heavy atom. The van der Waals surface area contributed by atoms with E-state index in [-0.39, 0.29) is 0 Å². The lowest BCUT2D eigenvalue weighted by Gasteiger charge is -2.13. The Morgan fingerprint density at radius 3 is 2.69 bits per heavy atom. The second kappa shape index (κ2) is 8.19. The summed E-state index contributed by atoms with van der Waals surface area (Å²) in [4.78, 5) is 16.1. The van der Waals surface area contributed by atoms with E-state index < -0.39 is 12.1 Å². The zero-order valence-electron chi connectivity index (χ0n) is 14.4. The van der Waals surface area contributed by atoms with Crippen molar-refractivity contribution in [2.75, 3.05) is 7.11 Å². The summed E-state index contributed by atoms with van der Waals surface area (Å²) in [5.74, 6) is 0.745. The van der Waals surface area contributed by atoms with Gasteiger partial charge in [-0.2, -0.15) is 0 Å². The summed E-state index contributed by atoms with van der Waals surface area (Å²) in [6, 6.07) is 17.1. The van der Waals surface area contributed by atoms with Gasteiger partial charge in [-0.1, -0.05) is 34.1 Å². The van der Waals surface area contributed by atoms with Crippen molar-refractivity contribution in [1.82, 2.24) is 4.98 Å². The second-order valence-electron chi connectivity index (χ2n) is 5.69. The number of methoxy groups -OCH3 is 1. The van der Waals surface area contributed by atoms with E-state index in [1.54, 1.807) is 25.1 Å². The fourth-order valence-electron chi connectivity index (χ4n) is 2.43. The van der Waals surface area contributed by atoms with E-state index in [0.717, 1.165) is 21.1 Å². The second-order valence-corrected chi connectivity index (χ2v) is 6.60. The molecule has 0 spiro atoms. The Morgan fingerprint density at radius 2 is 1.88 bits per heavy atom. The van der Waals surface area contributed by atoms with Crippen LogP contribution >= 0.6 is 15.9 Å². The maximum absolute atomic E-state index is 11.5. The predicted octanol–water partition coefficient (Wildman–Crippen LogP) is 4.52. The van der Waals surface area contributed by atoms with Crippen LogP contribution < -0.4 is 9.47 Å². The van der Waals surface area contributed by atoms with Crippen LogP contribution in [0, 0.1) is 0 Å². The lowest BCUT2D eigenvalue weighted by molar-refractivity contribution is -0.147. The minimum absolute atomic E-state index is 0.332. The summed E-state index contributed by atoms with van der Waals surface area (Å²) in [7, 11) is 1.33. The van der Waals surface area contributed by atoms with Gasteiger partial charge in [-0.15, -0.1) is 0 Å². The van der Waals surface area contributed by atoms with Crippen molar-refractivity contribution in [1.29, 1.82) is 0 Å². The minimum Gasteiger partial charge on any atom is -0.487 e. The van der Waals surface area contributed by atoms with Crippen molar-refractivity contribution in [3.63, 3.8) is 0 Å². The molecule has 0 aliphatic carbocycles. The van der Waals surface area contributed by atoms with Crippen LogP contribution in [0.4, 0.5) is 0 Å². The Kier molecular flexibility index (Phi) is 5.73. The van der Waals surface area contributed by atoms with Crippen LogP contribution in [0.5, 0.6) is 11.5 Å². The van der Waals surface area contributed by atoms with Crippen LogP contribution in [0.25, 0.3) is 10.9 Å². The molecular formula is C20H18BrNO4. The molecule has 3 aromatic rings. The summed E-state index contributed by atoms with van der Waals surface area (Å²) >= 11 is 3.46. The average Bonchev–Trinajstić information content (AvgIpc) is 2.65. The smallest absolute Gasteiger partial charge is 0.346 e. The highest BCUT2D eigenvalue weighted by Gasteiger charge is 2.14. The Balaban J connectivity index is 1.68. The number of hydrogen-bond donors (Lipinski definition) is 0. The van der Waals surface area contributed by atoms with Crippen LogP contribution in [0.3, 0.4) is 0 Å². The van der Waals surface area contributed by atoms with Gasteiger partial charge in [0.05, 0.1) is 18.3 Å². The summed E-state index contributed by atoms with van der Waals surface area (Å²) in [6.45, 7) is 1.97. The Bertz CT molecular complexity index is 929. The van der Waals surface area contributed by atoms with Gasteiger partial charge in [0.1, 0.15) is 18.1 Å². The van der Waals surface area contributed by atoms with Gasteiger partial charge in [-0.25, -0.2) is 9.78 Å². The zero-order valence-corrected chi connectivity index (χ0v) is 16.0. The van der Waals surface area contributed by atoms with Crippen molar-refractivity contribution in [3.05, 3.63) is 64.8 Å². The molecular weight excluding hydrogens is 398 g/mol. The topological polar surface area (TPSA) is 57.7 Å². The maximum Gasteiger partial charge on any atom is 0.346 e. The number of esters is 1. The SMILES string of the molecule is COC(=O)C(C)Oc1cccc(OCc2ccc3ccc(Br)cc3n2)c1. The molecule has 1 atom stereocenters.